The number of carbonyl (C=O) groups is 2. The van der Waals surface area contributed by atoms with Crippen LogP contribution in [0, 0.1) is 20.8 Å². The van der Waals surface area contributed by atoms with E-state index in [-0.39, 0.29) is 24.9 Å². The summed E-state index contributed by atoms with van der Waals surface area (Å²) >= 11 is 0. The van der Waals surface area contributed by atoms with Gasteiger partial charge in [0.15, 0.2) is 0 Å². The molecule has 168 valence electrons. The summed E-state index contributed by atoms with van der Waals surface area (Å²) in [5.41, 5.74) is 7.26. The fourth-order valence-electron chi connectivity index (χ4n) is 3.98. The van der Waals surface area contributed by atoms with Crippen molar-refractivity contribution in [3.63, 3.8) is 0 Å². The summed E-state index contributed by atoms with van der Waals surface area (Å²) in [6.45, 7) is 14.8. The first kappa shape index (κ1) is 24.6. The molecule has 0 saturated heterocycles. The molecule has 0 aliphatic heterocycles. The van der Waals surface area contributed by atoms with Crippen LogP contribution in [0.3, 0.4) is 0 Å². The molecule has 5 heteroatoms. The summed E-state index contributed by atoms with van der Waals surface area (Å²) in [5, 5.41) is 6.10. The van der Waals surface area contributed by atoms with E-state index in [1.54, 1.807) is 11.9 Å². The lowest BCUT2D eigenvalue weighted by Gasteiger charge is -2.22. The van der Waals surface area contributed by atoms with E-state index < -0.39 is 0 Å². The lowest BCUT2D eigenvalue weighted by Crippen LogP contribution is -2.36. The summed E-state index contributed by atoms with van der Waals surface area (Å²) in [4.78, 5) is 27.1. The maximum atomic E-state index is 12.8. The second-order valence-corrected chi connectivity index (χ2v) is 9.16. The molecule has 0 aliphatic carbocycles. The fourth-order valence-corrected chi connectivity index (χ4v) is 3.98. The van der Waals surface area contributed by atoms with Crippen molar-refractivity contribution in [3.05, 3.63) is 58.1 Å². The number of anilines is 2. The molecular weight excluding hydrogens is 386 g/mol. The first-order valence-corrected chi connectivity index (χ1v) is 11.0. The van der Waals surface area contributed by atoms with Gasteiger partial charge in [-0.2, -0.15) is 0 Å². The van der Waals surface area contributed by atoms with Gasteiger partial charge in [0.25, 0.3) is 0 Å². The van der Waals surface area contributed by atoms with E-state index in [1.165, 1.54) is 5.56 Å². The summed E-state index contributed by atoms with van der Waals surface area (Å²) in [7, 11) is 1.78. The fraction of sp³-hybridized carbons (Fsp3) is 0.462. The van der Waals surface area contributed by atoms with Crippen LogP contribution in [-0.2, 0) is 9.59 Å². The van der Waals surface area contributed by atoms with Crippen molar-refractivity contribution >= 4 is 23.2 Å². The number of nitrogens with one attached hydrogen (secondary N) is 2. The van der Waals surface area contributed by atoms with E-state index in [9.17, 15) is 9.59 Å². The van der Waals surface area contributed by atoms with Gasteiger partial charge in [-0.25, -0.2) is 0 Å². The topological polar surface area (TPSA) is 61.4 Å². The van der Waals surface area contributed by atoms with Crippen LogP contribution in [0.25, 0.3) is 0 Å². The third-order valence-electron chi connectivity index (χ3n) is 5.41. The molecule has 2 rings (SSSR count). The highest BCUT2D eigenvalue weighted by atomic mass is 16.2. The number of aryl methyl sites for hydroxylation is 3. The van der Waals surface area contributed by atoms with Crippen LogP contribution in [0.2, 0.25) is 0 Å². The first-order valence-electron chi connectivity index (χ1n) is 11.0. The molecule has 2 aromatic rings. The van der Waals surface area contributed by atoms with Gasteiger partial charge in [-0.15, -0.1) is 0 Å². The molecule has 2 aromatic carbocycles. The van der Waals surface area contributed by atoms with Crippen LogP contribution < -0.4 is 10.6 Å². The van der Waals surface area contributed by atoms with E-state index >= 15 is 0 Å². The molecule has 0 aromatic heterocycles. The average Bonchev–Trinajstić information content (AvgIpc) is 2.64. The Morgan fingerprint density at radius 1 is 0.806 bits per heavy atom. The monoisotopic (exact) mass is 423 g/mol. The zero-order chi connectivity index (χ0) is 23.3. The number of rotatable bonds is 8. The summed E-state index contributed by atoms with van der Waals surface area (Å²) in [6, 6.07) is 10.3. The minimum Gasteiger partial charge on any atom is -0.324 e. The predicted octanol–water partition coefficient (Wildman–Crippen LogP) is 5.37. The molecule has 31 heavy (non-hydrogen) atoms. The zero-order valence-electron chi connectivity index (χ0n) is 20.2. The van der Waals surface area contributed by atoms with Crippen molar-refractivity contribution in [1.82, 2.24) is 4.90 Å². The third kappa shape index (κ3) is 6.66. The highest BCUT2D eigenvalue weighted by molar-refractivity contribution is 5.96. The molecule has 2 amide bonds. The number of nitrogens with zero attached hydrogens (tertiary/aromatic N) is 1. The Morgan fingerprint density at radius 2 is 1.23 bits per heavy atom. The summed E-state index contributed by atoms with van der Waals surface area (Å²) < 4.78 is 0. The van der Waals surface area contributed by atoms with Crippen LogP contribution in [0.1, 0.15) is 67.3 Å². The van der Waals surface area contributed by atoms with Crippen molar-refractivity contribution in [3.8, 4) is 0 Å². The third-order valence-corrected chi connectivity index (χ3v) is 5.41. The smallest absolute Gasteiger partial charge is 0.238 e. The van der Waals surface area contributed by atoms with Gasteiger partial charge in [-0.05, 0) is 61.9 Å². The van der Waals surface area contributed by atoms with Gasteiger partial charge >= 0.3 is 0 Å². The standard InChI is InChI=1S/C26H37N3O2/c1-16(2)21-10-9-11-22(17(3)4)26(21)28-24(31)15-29(8)14-23(30)27-25-19(6)12-18(5)13-20(25)7/h9-13,16-17H,14-15H2,1-8H3,(H,27,30)(H,28,31). The molecule has 0 fully saturated rings. The van der Waals surface area contributed by atoms with E-state index in [4.69, 9.17) is 0 Å². The minimum atomic E-state index is -0.129. The Bertz CT molecular complexity index is 898. The number of carbonyl (C=O) groups excluding carboxylic acids is 2. The summed E-state index contributed by atoms with van der Waals surface area (Å²) in [5.74, 6) is 0.362. The Hall–Kier alpha value is -2.66. The molecule has 0 heterocycles. The Morgan fingerprint density at radius 3 is 1.65 bits per heavy atom. The second-order valence-electron chi connectivity index (χ2n) is 9.16. The summed E-state index contributed by atoms with van der Waals surface area (Å²) in [6.07, 6.45) is 0. The van der Waals surface area contributed by atoms with Crippen molar-refractivity contribution < 1.29 is 9.59 Å². The molecule has 0 saturated carbocycles. The highest BCUT2D eigenvalue weighted by Crippen LogP contribution is 2.32. The van der Waals surface area contributed by atoms with Crippen molar-refractivity contribution in [2.24, 2.45) is 0 Å². The number of para-hydroxylation sites is 1. The van der Waals surface area contributed by atoms with Gasteiger partial charge in [0.05, 0.1) is 13.1 Å². The van der Waals surface area contributed by atoms with Crippen LogP contribution in [0.5, 0.6) is 0 Å². The van der Waals surface area contributed by atoms with Gasteiger partial charge in [-0.3, -0.25) is 14.5 Å². The molecule has 5 nitrogen and oxygen atoms in total. The normalized spacial score (nSPS) is 11.3. The quantitative estimate of drug-likeness (QED) is 0.600. The maximum absolute atomic E-state index is 12.8. The van der Waals surface area contributed by atoms with Gasteiger partial charge in [0.2, 0.25) is 11.8 Å². The Labute approximate surface area is 187 Å². The number of benzene rings is 2. The largest absolute Gasteiger partial charge is 0.324 e. The van der Waals surface area contributed by atoms with Crippen LogP contribution in [0.15, 0.2) is 30.3 Å². The Balaban J connectivity index is 2.03. The van der Waals surface area contributed by atoms with E-state index in [0.717, 1.165) is 33.6 Å². The number of likely N-dealkylation sites (N-methyl/N-ethyl adjacent to an activating group) is 1. The van der Waals surface area contributed by atoms with Gasteiger partial charge in [-0.1, -0.05) is 63.6 Å². The maximum Gasteiger partial charge on any atom is 0.238 e. The van der Waals surface area contributed by atoms with Crippen LogP contribution in [0.4, 0.5) is 11.4 Å². The van der Waals surface area contributed by atoms with Crippen LogP contribution in [-0.4, -0.2) is 36.9 Å². The lowest BCUT2D eigenvalue weighted by molar-refractivity contribution is -0.119. The SMILES string of the molecule is Cc1cc(C)c(NC(=O)CN(C)CC(=O)Nc2c(C(C)C)cccc2C(C)C)c(C)c1. The molecule has 0 unspecified atom stereocenters. The number of hydrogen-bond donors (Lipinski definition) is 2. The first-order chi connectivity index (χ1) is 14.5. The van der Waals surface area contributed by atoms with Crippen molar-refractivity contribution in [2.45, 2.75) is 60.3 Å². The number of amides is 2. The molecule has 0 aliphatic rings. The highest BCUT2D eigenvalue weighted by Gasteiger charge is 2.18. The molecule has 2 N–H and O–H groups in total. The zero-order valence-corrected chi connectivity index (χ0v) is 20.2. The average molecular weight is 424 g/mol. The number of hydrogen-bond acceptors (Lipinski definition) is 3. The minimum absolute atomic E-state index is 0.118. The molecule has 0 bridgehead atoms. The molecular formula is C26H37N3O2. The van der Waals surface area contributed by atoms with E-state index in [2.05, 4.69) is 62.6 Å². The predicted molar refractivity (Wildman–Crippen MR) is 130 cm³/mol. The van der Waals surface area contributed by atoms with E-state index in [0.29, 0.717) is 11.8 Å². The van der Waals surface area contributed by atoms with Crippen molar-refractivity contribution in [1.29, 1.82) is 0 Å². The molecule has 0 atom stereocenters. The van der Waals surface area contributed by atoms with Crippen LogP contribution >= 0.6 is 0 Å². The lowest BCUT2D eigenvalue weighted by atomic mass is 9.92. The molecule has 0 spiro atoms. The van der Waals surface area contributed by atoms with Gasteiger partial charge in [0, 0.05) is 11.4 Å². The van der Waals surface area contributed by atoms with Gasteiger partial charge in [0.1, 0.15) is 0 Å². The Kier molecular flexibility index (Phi) is 8.40. The molecule has 0 radical (unpaired) electrons. The van der Waals surface area contributed by atoms with Crippen molar-refractivity contribution in [2.75, 3.05) is 30.8 Å². The van der Waals surface area contributed by atoms with E-state index in [1.807, 2.05) is 26.8 Å². The second kappa shape index (κ2) is 10.6. The van der Waals surface area contributed by atoms with Gasteiger partial charge < -0.3 is 10.6 Å².